The Morgan fingerprint density at radius 1 is 0.686 bits per heavy atom. The lowest BCUT2D eigenvalue weighted by molar-refractivity contribution is -0.872. The summed E-state index contributed by atoms with van der Waals surface area (Å²) in [7, 11) is 4.44. The Bertz CT molecular complexity index is 878. The Kier molecular flexibility index (Phi) is 13.5. The summed E-state index contributed by atoms with van der Waals surface area (Å²) < 4.78 is 29.6. The molecule has 12 heteroatoms. The molecule has 4 rings (SSSR count). The minimum Gasteiger partial charge on any atom is -1.00 e. The number of nitrogens with one attached hydrogen (secondary N) is 2. The van der Waals surface area contributed by atoms with Gasteiger partial charge in [0.2, 0.25) is 0 Å². The largest absolute Gasteiger partial charge is 1.00 e. The standard InChI is InChI=1S/C23H34N6O2S2.2ClH/c1-28-12-8-10-18(16-28)20-22(26-32-24-20)30-14-6-4-3-5-7-15-31-23-21(25-33-27-23)19-11-9-13-29(2)17-19;;/h10-11H,3-9,12-17H2,1-2H3;2*1H. The van der Waals surface area contributed by atoms with Crippen molar-refractivity contribution < 1.29 is 44.1 Å². The molecule has 2 aliphatic heterocycles. The molecule has 0 saturated carbocycles. The van der Waals surface area contributed by atoms with Crippen molar-refractivity contribution in [2.24, 2.45) is 0 Å². The van der Waals surface area contributed by atoms with E-state index in [1.54, 1.807) is 0 Å². The van der Waals surface area contributed by atoms with E-state index in [1.807, 2.05) is 0 Å². The highest BCUT2D eigenvalue weighted by molar-refractivity contribution is 6.99. The first-order valence-electron chi connectivity index (χ1n) is 12.1. The minimum atomic E-state index is 0. The van der Waals surface area contributed by atoms with Gasteiger partial charge in [0.1, 0.15) is 24.5 Å². The van der Waals surface area contributed by atoms with Crippen LogP contribution in [0.3, 0.4) is 0 Å². The van der Waals surface area contributed by atoms with Crippen molar-refractivity contribution in [3.8, 4) is 11.8 Å². The number of hydrogen-bond acceptors (Lipinski definition) is 8. The van der Waals surface area contributed by atoms with Crippen molar-refractivity contribution >= 4 is 34.6 Å². The predicted molar refractivity (Wildman–Crippen MR) is 132 cm³/mol. The number of halogens is 2. The van der Waals surface area contributed by atoms with Crippen molar-refractivity contribution in [3.63, 3.8) is 0 Å². The molecular weight excluding hydrogens is 527 g/mol. The lowest BCUT2D eigenvalue weighted by Crippen LogP contribution is -3.09. The molecular formula is C23H36Cl2N6O2S2. The average Bonchev–Trinajstić information content (AvgIpc) is 3.47. The molecule has 2 aromatic rings. The van der Waals surface area contributed by atoms with Crippen LogP contribution in [-0.2, 0) is 0 Å². The highest BCUT2D eigenvalue weighted by Crippen LogP contribution is 2.25. The molecule has 8 nitrogen and oxygen atoms in total. The monoisotopic (exact) mass is 562 g/mol. The zero-order chi connectivity index (χ0) is 22.9. The van der Waals surface area contributed by atoms with Crippen LogP contribution >= 0.6 is 23.5 Å². The molecule has 2 N–H and O–H groups in total. The number of hydrogen-bond donors (Lipinski definition) is 2. The predicted octanol–water partition coefficient (Wildman–Crippen LogP) is -4.59. The fourth-order valence-electron chi connectivity index (χ4n) is 4.33. The van der Waals surface area contributed by atoms with Gasteiger partial charge < -0.3 is 44.1 Å². The van der Waals surface area contributed by atoms with E-state index in [-0.39, 0.29) is 24.8 Å². The first-order valence-corrected chi connectivity index (χ1v) is 13.6. The normalized spacial score (nSPS) is 19.7. The van der Waals surface area contributed by atoms with Crippen LogP contribution in [0.5, 0.6) is 11.8 Å². The first kappa shape index (κ1) is 29.9. The smallest absolute Gasteiger partial charge is 0.253 e. The molecule has 2 aromatic heterocycles. The van der Waals surface area contributed by atoms with E-state index in [4.69, 9.17) is 9.47 Å². The van der Waals surface area contributed by atoms with E-state index in [2.05, 4.69) is 43.7 Å². The number of likely N-dealkylation sites (N-methyl/N-ethyl adjacent to an activating group) is 2. The van der Waals surface area contributed by atoms with Gasteiger partial charge in [-0.05, 0) is 12.8 Å². The number of rotatable bonds is 12. The van der Waals surface area contributed by atoms with Crippen LogP contribution < -0.4 is 44.1 Å². The molecule has 0 aliphatic carbocycles. The summed E-state index contributed by atoms with van der Waals surface area (Å²) in [5, 5.41) is 0. The van der Waals surface area contributed by atoms with Gasteiger partial charge in [0.25, 0.3) is 11.8 Å². The number of aromatic nitrogens is 4. The van der Waals surface area contributed by atoms with Crippen molar-refractivity contribution in [2.75, 3.05) is 53.5 Å². The quantitative estimate of drug-likeness (QED) is 0.253. The van der Waals surface area contributed by atoms with Crippen LogP contribution in [-0.4, -0.2) is 71.0 Å². The summed E-state index contributed by atoms with van der Waals surface area (Å²) in [4.78, 5) is 3.02. The summed E-state index contributed by atoms with van der Waals surface area (Å²) in [6, 6.07) is 0. The Morgan fingerprint density at radius 3 is 1.54 bits per heavy atom. The second kappa shape index (κ2) is 15.7. The maximum atomic E-state index is 5.96. The van der Waals surface area contributed by atoms with Gasteiger partial charge in [0.15, 0.2) is 0 Å². The third-order valence-electron chi connectivity index (χ3n) is 6.20. The zero-order valence-electron chi connectivity index (χ0n) is 20.5. The third kappa shape index (κ3) is 8.94. The topological polar surface area (TPSA) is 78.9 Å². The van der Waals surface area contributed by atoms with Crippen LogP contribution in [0.25, 0.3) is 11.1 Å². The Hall–Kier alpha value is -1.30. The van der Waals surface area contributed by atoms with Gasteiger partial charge in [-0.2, -0.15) is 8.75 Å². The van der Waals surface area contributed by atoms with Gasteiger partial charge >= 0.3 is 0 Å². The highest BCUT2D eigenvalue weighted by atomic mass is 35.5. The molecule has 2 aliphatic rings. The summed E-state index contributed by atoms with van der Waals surface area (Å²) in [5.41, 5.74) is 4.44. The Labute approximate surface area is 229 Å². The summed E-state index contributed by atoms with van der Waals surface area (Å²) in [6.07, 6.45) is 12.3. The van der Waals surface area contributed by atoms with Gasteiger partial charge in [-0.3, -0.25) is 0 Å². The fraction of sp³-hybridized carbons (Fsp3) is 0.652. The summed E-state index contributed by atoms with van der Waals surface area (Å²) >= 11 is 2.49. The maximum Gasteiger partial charge on any atom is 0.253 e. The SMILES string of the molecule is C[NH+]1CCC=C(c2nsnc2OCCCCCCCOc2nsnc2C2=CCC[NH+](C)C2)C1.[Cl-].[Cl-]. The highest BCUT2D eigenvalue weighted by Gasteiger charge is 2.21. The molecule has 0 amide bonds. The molecule has 35 heavy (non-hydrogen) atoms. The fourth-order valence-corrected chi connectivity index (χ4v) is 5.39. The molecule has 0 spiro atoms. The van der Waals surface area contributed by atoms with Crippen molar-refractivity contribution in [1.82, 2.24) is 17.5 Å². The van der Waals surface area contributed by atoms with Crippen LogP contribution in [0.4, 0.5) is 0 Å². The van der Waals surface area contributed by atoms with Gasteiger partial charge in [0.05, 0.1) is 63.9 Å². The van der Waals surface area contributed by atoms with Gasteiger partial charge in [-0.15, -0.1) is 8.75 Å². The van der Waals surface area contributed by atoms with Crippen LogP contribution in [0.2, 0.25) is 0 Å². The van der Waals surface area contributed by atoms with E-state index in [1.165, 1.54) is 63.9 Å². The Balaban J connectivity index is 0.00000216. The number of unbranched alkanes of at least 4 members (excludes halogenated alkanes) is 4. The molecule has 196 valence electrons. The minimum absolute atomic E-state index is 0. The second-order valence-electron chi connectivity index (χ2n) is 9.10. The number of quaternary nitrogens is 2. The van der Waals surface area contributed by atoms with E-state index in [9.17, 15) is 0 Å². The van der Waals surface area contributed by atoms with Crippen LogP contribution in [0.1, 0.15) is 56.3 Å². The van der Waals surface area contributed by atoms with Gasteiger partial charge in [-0.1, -0.05) is 31.4 Å². The summed E-state index contributed by atoms with van der Waals surface area (Å²) in [5.74, 6) is 1.42. The number of ether oxygens (including phenoxy) is 2. The molecule has 4 heterocycles. The molecule has 0 aromatic carbocycles. The lowest BCUT2D eigenvalue weighted by atomic mass is 10.1. The van der Waals surface area contributed by atoms with E-state index >= 15 is 0 Å². The van der Waals surface area contributed by atoms with Crippen molar-refractivity contribution in [3.05, 3.63) is 23.5 Å². The zero-order valence-corrected chi connectivity index (χ0v) is 23.7. The summed E-state index contributed by atoms with van der Waals surface area (Å²) in [6.45, 7) is 5.76. The van der Waals surface area contributed by atoms with Crippen LogP contribution in [0, 0.1) is 0 Å². The first-order chi connectivity index (χ1) is 16.2. The molecule has 0 radical (unpaired) electrons. The molecule has 2 atom stereocenters. The number of nitrogens with zero attached hydrogens (tertiary/aromatic N) is 4. The van der Waals surface area contributed by atoms with E-state index in [0.717, 1.165) is 63.0 Å². The van der Waals surface area contributed by atoms with Crippen molar-refractivity contribution in [1.29, 1.82) is 0 Å². The molecule has 0 fully saturated rings. The second-order valence-corrected chi connectivity index (χ2v) is 10.2. The molecule has 0 bridgehead atoms. The average molecular weight is 564 g/mol. The van der Waals surface area contributed by atoms with Gasteiger partial charge in [0, 0.05) is 24.0 Å². The van der Waals surface area contributed by atoms with E-state index in [0.29, 0.717) is 25.0 Å². The molecule has 0 saturated heterocycles. The van der Waals surface area contributed by atoms with E-state index < -0.39 is 0 Å². The lowest BCUT2D eigenvalue weighted by Gasteiger charge is -2.19. The van der Waals surface area contributed by atoms with Gasteiger partial charge in [-0.25, -0.2) is 0 Å². The maximum absolute atomic E-state index is 5.96. The third-order valence-corrected chi connectivity index (χ3v) is 7.22. The molecule has 2 unspecified atom stereocenters. The Morgan fingerprint density at radius 2 is 1.11 bits per heavy atom. The van der Waals surface area contributed by atoms with Crippen molar-refractivity contribution in [2.45, 2.75) is 44.9 Å². The van der Waals surface area contributed by atoms with Crippen LogP contribution in [0.15, 0.2) is 12.2 Å².